The molecule has 7 heteroatoms. The first kappa shape index (κ1) is 21.6. The lowest BCUT2D eigenvalue weighted by Crippen LogP contribution is -2.41. The maximum absolute atomic E-state index is 14.4. The predicted molar refractivity (Wildman–Crippen MR) is 130 cm³/mol. The van der Waals surface area contributed by atoms with Crippen molar-refractivity contribution in [3.05, 3.63) is 69.4 Å². The van der Waals surface area contributed by atoms with E-state index in [-0.39, 0.29) is 30.0 Å². The number of amides is 1. The zero-order chi connectivity index (χ0) is 23.4. The van der Waals surface area contributed by atoms with Crippen molar-refractivity contribution in [2.24, 2.45) is 0 Å². The number of hydrogen-bond acceptors (Lipinski definition) is 3. The Labute approximate surface area is 198 Å². The number of benzene rings is 2. The Hall–Kier alpha value is -2.93. The Balaban J connectivity index is 1.26. The molecule has 1 aliphatic heterocycles. The molecule has 2 aromatic carbocycles. The summed E-state index contributed by atoms with van der Waals surface area (Å²) in [7, 11) is 1.59. The van der Waals surface area contributed by atoms with Crippen molar-refractivity contribution in [2.45, 2.75) is 63.1 Å². The molecule has 0 saturated carbocycles. The lowest BCUT2D eigenvalue weighted by atomic mass is 9.80. The number of likely N-dealkylation sites (tertiary alicyclic amines) is 1. The number of piperidine rings is 1. The maximum Gasteiger partial charge on any atom is 0.329 e. The molecular formula is C27H31FN4O2. The Morgan fingerprint density at radius 2 is 1.79 bits per heavy atom. The number of halogens is 1. The lowest BCUT2D eigenvalue weighted by molar-refractivity contribution is -0.121. The number of nitrogens with zero attached hydrogens (tertiary/aromatic N) is 3. The van der Waals surface area contributed by atoms with Crippen LogP contribution in [-0.2, 0) is 17.8 Å². The van der Waals surface area contributed by atoms with Crippen LogP contribution in [0.25, 0.3) is 11.0 Å². The number of rotatable bonds is 4. The standard InChI is InChI=1S/C27H31FN4O2/c1-29-25(33)16-31-23-4-2-3-5-24(23)32(27(31)34)18-12-14-30(15-13-18)22-11-7-17-6-8-19-21(28)10-9-20(22)26(17)19/h2-5,9-10,17-18,22H,6-8,11-16H2,1H3,(H,29,33). The summed E-state index contributed by atoms with van der Waals surface area (Å²) in [6.45, 7) is 1.85. The molecule has 3 aromatic rings. The summed E-state index contributed by atoms with van der Waals surface area (Å²) < 4.78 is 17.9. The zero-order valence-electron chi connectivity index (χ0n) is 19.6. The number of likely N-dealkylation sites (N-methyl/N-ethyl adjacent to an activating group) is 1. The van der Waals surface area contributed by atoms with E-state index in [1.807, 2.05) is 34.9 Å². The van der Waals surface area contributed by atoms with E-state index in [1.165, 1.54) is 11.1 Å². The largest absolute Gasteiger partial charge is 0.358 e. The second-order valence-electron chi connectivity index (χ2n) is 10.0. The van der Waals surface area contributed by atoms with Gasteiger partial charge >= 0.3 is 5.69 Å². The lowest BCUT2D eigenvalue weighted by Gasteiger charge is -2.41. The van der Waals surface area contributed by atoms with E-state index >= 15 is 0 Å². The highest BCUT2D eigenvalue weighted by Crippen LogP contribution is 2.49. The van der Waals surface area contributed by atoms with Crippen LogP contribution < -0.4 is 11.0 Å². The molecular weight excluding hydrogens is 431 g/mol. The Morgan fingerprint density at radius 3 is 2.56 bits per heavy atom. The second kappa shape index (κ2) is 8.38. The average Bonchev–Trinajstić information content (AvgIpc) is 3.42. The van der Waals surface area contributed by atoms with E-state index in [9.17, 15) is 14.0 Å². The molecule has 1 aromatic heterocycles. The average molecular weight is 463 g/mol. The molecule has 34 heavy (non-hydrogen) atoms. The molecule has 2 aliphatic carbocycles. The fraction of sp³-hybridized carbons (Fsp3) is 0.481. The smallest absolute Gasteiger partial charge is 0.329 e. The first-order valence-corrected chi connectivity index (χ1v) is 12.5. The predicted octanol–water partition coefficient (Wildman–Crippen LogP) is 3.89. The molecule has 6 rings (SSSR count). The van der Waals surface area contributed by atoms with Crippen LogP contribution in [0.4, 0.5) is 4.39 Å². The van der Waals surface area contributed by atoms with Crippen LogP contribution in [-0.4, -0.2) is 40.1 Å². The number of imidazole rings is 1. The van der Waals surface area contributed by atoms with Crippen LogP contribution >= 0.6 is 0 Å². The minimum atomic E-state index is -0.178. The number of carbonyl (C=O) groups excluding carboxylic acids is 1. The van der Waals surface area contributed by atoms with Crippen LogP contribution in [0.1, 0.15) is 66.8 Å². The van der Waals surface area contributed by atoms with Gasteiger partial charge in [0.25, 0.3) is 0 Å². The summed E-state index contributed by atoms with van der Waals surface area (Å²) in [4.78, 5) is 28.0. The highest BCUT2D eigenvalue weighted by Gasteiger charge is 2.38. The van der Waals surface area contributed by atoms with Gasteiger partial charge in [-0.25, -0.2) is 9.18 Å². The SMILES string of the molecule is CNC(=O)Cn1c(=O)n(C2CCN(C3CCC4CCc5c(F)ccc3c54)CC2)c2ccccc21. The minimum Gasteiger partial charge on any atom is -0.358 e. The van der Waals surface area contributed by atoms with E-state index in [2.05, 4.69) is 10.2 Å². The van der Waals surface area contributed by atoms with E-state index in [0.29, 0.717) is 12.0 Å². The van der Waals surface area contributed by atoms with Crippen molar-refractivity contribution in [1.82, 2.24) is 19.4 Å². The Bertz CT molecular complexity index is 1320. The number of para-hydroxylation sites is 2. The molecule has 1 amide bonds. The highest BCUT2D eigenvalue weighted by molar-refractivity contribution is 5.80. The Morgan fingerprint density at radius 1 is 1.03 bits per heavy atom. The number of carbonyl (C=O) groups is 1. The highest BCUT2D eigenvalue weighted by atomic mass is 19.1. The van der Waals surface area contributed by atoms with Gasteiger partial charge in [0.05, 0.1) is 11.0 Å². The zero-order valence-corrected chi connectivity index (χ0v) is 19.6. The van der Waals surface area contributed by atoms with Gasteiger partial charge < -0.3 is 5.32 Å². The summed E-state index contributed by atoms with van der Waals surface area (Å²) in [6, 6.07) is 11.9. The van der Waals surface area contributed by atoms with Crippen molar-refractivity contribution in [3.63, 3.8) is 0 Å². The van der Waals surface area contributed by atoms with Crippen LogP contribution in [0, 0.1) is 5.82 Å². The number of fused-ring (bicyclic) bond motifs is 1. The summed E-state index contributed by atoms with van der Waals surface area (Å²) >= 11 is 0. The van der Waals surface area contributed by atoms with Gasteiger partial charge in [0.15, 0.2) is 0 Å². The van der Waals surface area contributed by atoms with Crippen LogP contribution in [0.2, 0.25) is 0 Å². The molecule has 6 nitrogen and oxygen atoms in total. The van der Waals surface area contributed by atoms with E-state index in [4.69, 9.17) is 0 Å². The van der Waals surface area contributed by atoms with Crippen molar-refractivity contribution in [3.8, 4) is 0 Å². The minimum absolute atomic E-state index is 0.0284. The monoisotopic (exact) mass is 462 g/mol. The normalized spacial score (nSPS) is 22.8. The molecule has 1 N–H and O–H groups in total. The number of nitrogens with one attached hydrogen (secondary N) is 1. The van der Waals surface area contributed by atoms with Gasteiger partial charge in [0.2, 0.25) is 5.91 Å². The van der Waals surface area contributed by atoms with Gasteiger partial charge in [-0.1, -0.05) is 18.2 Å². The summed E-state index contributed by atoms with van der Waals surface area (Å²) in [5.41, 5.74) is 5.18. The summed E-state index contributed by atoms with van der Waals surface area (Å²) in [5, 5.41) is 2.62. The van der Waals surface area contributed by atoms with Crippen molar-refractivity contribution < 1.29 is 9.18 Å². The van der Waals surface area contributed by atoms with E-state index in [0.717, 1.165) is 68.2 Å². The second-order valence-corrected chi connectivity index (χ2v) is 10.0. The van der Waals surface area contributed by atoms with Crippen molar-refractivity contribution in [2.75, 3.05) is 20.1 Å². The number of hydrogen-bond donors (Lipinski definition) is 1. The molecule has 1 saturated heterocycles. The Kier molecular flexibility index (Phi) is 5.32. The maximum atomic E-state index is 14.4. The van der Waals surface area contributed by atoms with Crippen molar-refractivity contribution in [1.29, 1.82) is 0 Å². The fourth-order valence-electron chi connectivity index (χ4n) is 6.74. The van der Waals surface area contributed by atoms with E-state index < -0.39 is 0 Å². The molecule has 2 atom stereocenters. The third-order valence-corrected chi connectivity index (χ3v) is 8.39. The quantitative estimate of drug-likeness (QED) is 0.640. The number of aromatic nitrogens is 2. The summed E-state index contributed by atoms with van der Waals surface area (Å²) in [6.07, 6.45) is 5.99. The van der Waals surface area contributed by atoms with Gasteiger partial charge in [-0.15, -0.1) is 0 Å². The van der Waals surface area contributed by atoms with Gasteiger partial charge in [0.1, 0.15) is 12.4 Å². The molecule has 0 spiro atoms. The van der Waals surface area contributed by atoms with Gasteiger partial charge in [-0.3, -0.25) is 18.8 Å². The first-order valence-electron chi connectivity index (χ1n) is 12.5. The summed E-state index contributed by atoms with van der Waals surface area (Å²) in [5.74, 6) is 0.315. The third kappa shape index (κ3) is 3.32. The molecule has 0 bridgehead atoms. The van der Waals surface area contributed by atoms with Crippen molar-refractivity contribution >= 4 is 16.9 Å². The molecule has 178 valence electrons. The topological polar surface area (TPSA) is 59.3 Å². The molecule has 2 heterocycles. The van der Waals surface area contributed by atoms with Gasteiger partial charge in [0, 0.05) is 32.2 Å². The van der Waals surface area contributed by atoms with Crippen LogP contribution in [0.15, 0.2) is 41.2 Å². The fourth-order valence-corrected chi connectivity index (χ4v) is 6.74. The van der Waals surface area contributed by atoms with E-state index in [1.54, 1.807) is 17.7 Å². The molecule has 3 aliphatic rings. The first-order chi connectivity index (χ1) is 16.6. The molecule has 0 radical (unpaired) electrons. The van der Waals surface area contributed by atoms with Crippen LogP contribution in [0.5, 0.6) is 0 Å². The molecule has 2 unspecified atom stereocenters. The van der Waals surface area contributed by atoms with Gasteiger partial charge in [-0.05, 0) is 79.3 Å². The van der Waals surface area contributed by atoms with Crippen LogP contribution in [0.3, 0.4) is 0 Å². The third-order valence-electron chi connectivity index (χ3n) is 8.39. The molecule has 1 fully saturated rings. The van der Waals surface area contributed by atoms with Gasteiger partial charge in [-0.2, -0.15) is 0 Å².